The molecule has 0 unspecified atom stereocenters. The van der Waals surface area contributed by atoms with Crippen molar-refractivity contribution in [3.8, 4) is 0 Å². The van der Waals surface area contributed by atoms with E-state index in [2.05, 4.69) is 23.7 Å². The van der Waals surface area contributed by atoms with Gasteiger partial charge in [-0.2, -0.15) is 0 Å². The van der Waals surface area contributed by atoms with Crippen LogP contribution in [0.3, 0.4) is 0 Å². The zero-order valence-electron chi connectivity index (χ0n) is 17.8. The lowest BCUT2D eigenvalue weighted by Gasteiger charge is -2.26. The van der Waals surface area contributed by atoms with Crippen LogP contribution >= 0.6 is 0 Å². The molecule has 0 bridgehead atoms. The standard InChI is InChI=1S/C24H29N3O3/c1-4-26(5-2)15-8-16-27-21(19-9-6-7-14-25-19)20(23(29)24(27)30)22(28)18-12-10-17(3)11-13-18/h6-7,9-14,21,28H,4-5,8,15-16H2,1-3H3/t21-/m1/s1. The van der Waals surface area contributed by atoms with Crippen LogP contribution in [0.4, 0.5) is 0 Å². The molecule has 1 saturated heterocycles. The van der Waals surface area contributed by atoms with E-state index in [1.807, 2.05) is 25.1 Å². The Hall–Kier alpha value is -2.99. The molecule has 0 radical (unpaired) electrons. The van der Waals surface area contributed by atoms with Gasteiger partial charge in [-0.3, -0.25) is 14.6 Å². The average Bonchev–Trinajstić information content (AvgIpc) is 3.02. The summed E-state index contributed by atoms with van der Waals surface area (Å²) < 4.78 is 0. The number of nitrogens with zero attached hydrogens (tertiary/aromatic N) is 3. The van der Waals surface area contributed by atoms with Gasteiger partial charge in [-0.15, -0.1) is 0 Å². The van der Waals surface area contributed by atoms with Crippen molar-refractivity contribution in [1.82, 2.24) is 14.8 Å². The minimum atomic E-state index is -0.691. The SMILES string of the molecule is CCN(CC)CCCN1C(=O)C(=O)C(=C(O)c2ccc(C)cc2)[C@H]1c1ccccn1. The van der Waals surface area contributed by atoms with Gasteiger partial charge in [0.15, 0.2) is 0 Å². The molecule has 6 nitrogen and oxygen atoms in total. The van der Waals surface area contributed by atoms with Crippen molar-refractivity contribution < 1.29 is 14.7 Å². The highest BCUT2D eigenvalue weighted by Crippen LogP contribution is 2.38. The Morgan fingerprint density at radius 2 is 1.80 bits per heavy atom. The van der Waals surface area contributed by atoms with Crippen LogP contribution in [0.15, 0.2) is 54.2 Å². The maximum absolute atomic E-state index is 12.9. The molecule has 2 aromatic rings. The largest absolute Gasteiger partial charge is 0.507 e. The third-order valence-electron chi connectivity index (χ3n) is 5.60. The van der Waals surface area contributed by atoms with E-state index in [1.54, 1.807) is 35.4 Å². The molecule has 0 saturated carbocycles. The molecule has 2 heterocycles. The predicted molar refractivity (Wildman–Crippen MR) is 117 cm³/mol. The Bertz CT molecular complexity index is 918. The third kappa shape index (κ3) is 4.44. The fourth-order valence-corrected chi connectivity index (χ4v) is 3.83. The first-order chi connectivity index (χ1) is 14.5. The van der Waals surface area contributed by atoms with Crippen molar-refractivity contribution in [2.24, 2.45) is 0 Å². The molecule has 3 rings (SSSR count). The van der Waals surface area contributed by atoms with Crippen molar-refractivity contribution in [1.29, 1.82) is 0 Å². The lowest BCUT2D eigenvalue weighted by molar-refractivity contribution is -0.140. The summed E-state index contributed by atoms with van der Waals surface area (Å²) in [5.74, 6) is -1.40. The molecule has 1 amide bonds. The highest BCUT2D eigenvalue weighted by molar-refractivity contribution is 6.46. The number of hydrogen-bond donors (Lipinski definition) is 1. The zero-order chi connectivity index (χ0) is 21.7. The van der Waals surface area contributed by atoms with E-state index < -0.39 is 17.7 Å². The second-order valence-electron chi connectivity index (χ2n) is 7.49. The number of aromatic nitrogens is 1. The fourth-order valence-electron chi connectivity index (χ4n) is 3.83. The van der Waals surface area contributed by atoms with Gasteiger partial charge in [-0.1, -0.05) is 49.7 Å². The average molecular weight is 408 g/mol. The van der Waals surface area contributed by atoms with Crippen molar-refractivity contribution in [2.45, 2.75) is 33.2 Å². The summed E-state index contributed by atoms with van der Waals surface area (Å²) >= 11 is 0. The Labute approximate surface area is 177 Å². The van der Waals surface area contributed by atoms with Crippen molar-refractivity contribution >= 4 is 17.4 Å². The van der Waals surface area contributed by atoms with Crippen molar-refractivity contribution in [3.05, 3.63) is 71.1 Å². The number of pyridine rings is 1. The third-order valence-corrected chi connectivity index (χ3v) is 5.60. The summed E-state index contributed by atoms with van der Waals surface area (Å²) in [7, 11) is 0. The van der Waals surface area contributed by atoms with E-state index in [1.165, 1.54) is 0 Å². The second kappa shape index (κ2) is 9.67. The lowest BCUT2D eigenvalue weighted by atomic mass is 9.98. The van der Waals surface area contributed by atoms with Gasteiger partial charge in [-0.25, -0.2) is 0 Å². The van der Waals surface area contributed by atoms with Crippen LogP contribution in [0, 0.1) is 6.92 Å². The molecule has 1 aliphatic rings. The summed E-state index contributed by atoms with van der Waals surface area (Å²) in [6, 6.07) is 12.0. The van der Waals surface area contributed by atoms with E-state index in [0.717, 1.165) is 31.6 Å². The normalized spacial score (nSPS) is 18.4. The van der Waals surface area contributed by atoms with E-state index in [-0.39, 0.29) is 11.3 Å². The number of carbonyl (C=O) groups excluding carboxylic acids is 2. The van der Waals surface area contributed by atoms with Crippen LogP contribution in [0.1, 0.15) is 43.1 Å². The van der Waals surface area contributed by atoms with Crippen molar-refractivity contribution in [2.75, 3.05) is 26.2 Å². The minimum absolute atomic E-state index is 0.102. The first-order valence-electron chi connectivity index (χ1n) is 10.5. The second-order valence-corrected chi connectivity index (χ2v) is 7.49. The predicted octanol–water partition coefficient (Wildman–Crippen LogP) is 3.54. The lowest BCUT2D eigenvalue weighted by Crippen LogP contribution is -2.33. The van der Waals surface area contributed by atoms with Crippen LogP contribution < -0.4 is 0 Å². The zero-order valence-corrected chi connectivity index (χ0v) is 17.8. The van der Waals surface area contributed by atoms with Gasteiger partial charge in [0.25, 0.3) is 11.7 Å². The van der Waals surface area contributed by atoms with E-state index in [9.17, 15) is 14.7 Å². The number of aliphatic hydroxyl groups excluding tert-OH is 1. The van der Waals surface area contributed by atoms with E-state index in [0.29, 0.717) is 17.8 Å². The minimum Gasteiger partial charge on any atom is -0.507 e. The van der Waals surface area contributed by atoms with Crippen LogP contribution in [-0.4, -0.2) is 57.8 Å². The number of likely N-dealkylation sites (tertiary alicyclic amines) is 1. The van der Waals surface area contributed by atoms with Crippen molar-refractivity contribution in [3.63, 3.8) is 0 Å². The monoisotopic (exact) mass is 407 g/mol. The highest BCUT2D eigenvalue weighted by atomic mass is 16.3. The molecule has 1 fully saturated rings. The smallest absolute Gasteiger partial charge is 0.295 e. The summed E-state index contributed by atoms with van der Waals surface area (Å²) in [4.78, 5) is 34.1. The number of carbonyl (C=O) groups is 2. The van der Waals surface area contributed by atoms with Gasteiger partial charge in [0.2, 0.25) is 0 Å². The summed E-state index contributed by atoms with van der Waals surface area (Å²) in [6.07, 6.45) is 2.37. The van der Waals surface area contributed by atoms with Crippen LogP contribution in [-0.2, 0) is 9.59 Å². The molecule has 6 heteroatoms. The number of ketones is 1. The molecule has 30 heavy (non-hydrogen) atoms. The first-order valence-corrected chi connectivity index (χ1v) is 10.5. The Kier molecular flexibility index (Phi) is 7.00. The van der Waals surface area contributed by atoms with Gasteiger partial charge in [0, 0.05) is 18.3 Å². The molecule has 1 atom stereocenters. The Morgan fingerprint density at radius 1 is 1.10 bits per heavy atom. The van der Waals surface area contributed by atoms with Crippen LogP contribution in [0.5, 0.6) is 0 Å². The van der Waals surface area contributed by atoms with Gasteiger partial charge >= 0.3 is 0 Å². The number of aliphatic hydroxyl groups is 1. The molecular formula is C24H29N3O3. The van der Waals surface area contributed by atoms with Gasteiger partial charge in [0.1, 0.15) is 11.8 Å². The molecule has 1 aromatic heterocycles. The molecule has 0 aliphatic carbocycles. The van der Waals surface area contributed by atoms with E-state index >= 15 is 0 Å². The van der Waals surface area contributed by atoms with Gasteiger partial charge in [-0.05, 0) is 45.1 Å². The molecule has 158 valence electrons. The van der Waals surface area contributed by atoms with Gasteiger partial charge < -0.3 is 14.9 Å². The maximum Gasteiger partial charge on any atom is 0.295 e. The molecular weight excluding hydrogens is 378 g/mol. The quantitative estimate of drug-likeness (QED) is 0.412. The summed E-state index contributed by atoms with van der Waals surface area (Å²) in [5.41, 5.74) is 2.24. The molecule has 1 N–H and O–H groups in total. The number of amides is 1. The maximum atomic E-state index is 12.9. The Morgan fingerprint density at radius 3 is 2.40 bits per heavy atom. The fraction of sp³-hybridized carbons (Fsp3) is 0.375. The number of hydrogen-bond acceptors (Lipinski definition) is 5. The Balaban J connectivity index is 1.99. The van der Waals surface area contributed by atoms with Crippen LogP contribution in [0.2, 0.25) is 0 Å². The molecule has 1 aromatic carbocycles. The summed E-state index contributed by atoms with van der Waals surface area (Å²) in [6.45, 7) is 9.29. The first kappa shape index (κ1) is 21.7. The number of rotatable bonds is 8. The number of benzene rings is 1. The number of Topliss-reactive ketones (excluding diaryl/α,β-unsaturated/α-hetero) is 1. The van der Waals surface area contributed by atoms with E-state index in [4.69, 9.17) is 0 Å². The summed E-state index contributed by atoms with van der Waals surface area (Å²) in [5, 5.41) is 11.0. The molecule has 1 aliphatic heterocycles. The van der Waals surface area contributed by atoms with Crippen LogP contribution in [0.25, 0.3) is 5.76 Å². The number of aryl methyl sites for hydroxylation is 1. The van der Waals surface area contributed by atoms with Gasteiger partial charge in [0.05, 0.1) is 11.3 Å². The topological polar surface area (TPSA) is 73.7 Å². The molecule has 0 spiro atoms. The highest BCUT2D eigenvalue weighted by Gasteiger charge is 2.46.